The second-order valence-electron chi connectivity index (χ2n) is 6.35. The van der Waals surface area contributed by atoms with Gasteiger partial charge >= 0.3 is 0 Å². The number of nitrogens with zero attached hydrogens (tertiary/aromatic N) is 3. The summed E-state index contributed by atoms with van der Waals surface area (Å²) in [5, 5.41) is 7.40. The minimum absolute atomic E-state index is 0.131. The Hall–Kier alpha value is -2.95. The lowest BCUT2D eigenvalue weighted by atomic mass is 10.0. The van der Waals surface area contributed by atoms with Gasteiger partial charge in [0.05, 0.1) is 35.4 Å². The lowest BCUT2D eigenvalue weighted by Gasteiger charge is -2.13. The number of pyridine rings is 1. The molecule has 1 aromatic carbocycles. The van der Waals surface area contributed by atoms with E-state index in [1.165, 1.54) is 0 Å². The van der Waals surface area contributed by atoms with Crippen molar-refractivity contribution in [2.24, 2.45) is 0 Å². The molecule has 0 saturated carbocycles. The maximum absolute atomic E-state index is 12.7. The lowest BCUT2D eigenvalue weighted by Crippen LogP contribution is -2.24. The van der Waals surface area contributed by atoms with Gasteiger partial charge in [0, 0.05) is 6.20 Å². The summed E-state index contributed by atoms with van der Waals surface area (Å²) in [4.78, 5) is 16.9. The smallest absolute Gasteiger partial charge is 0.255 e. The molecule has 0 spiro atoms. The molecule has 3 aromatic rings. The van der Waals surface area contributed by atoms with Crippen molar-refractivity contribution in [1.29, 1.82) is 0 Å². The van der Waals surface area contributed by atoms with Crippen LogP contribution >= 0.6 is 0 Å². The molecular formula is C20H22N4O. The SMILES string of the molecule is Cc1cccc(-n2ncc(C(=O)NCc3ccccn3)c2C(C)C)c1. The minimum Gasteiger partial charge on any atom is -0.346 e. The highest BCUT2D eigenvalue weighted by atomic mass is 16.1. The summed E-state index contributed by atoms with van der Waals surface area (Å²) < 4.78 is 1.85. The molecule has 0 bridgehead atoms. The lowest BCUT2D eigenvalue weighted by molar-refractivity contribution is 0.0949. The van der Waals surface area contributed by atoms with Gasteiger partial charge in [-0.05, 0) is 42.7 Å². The van der Waals surface area contributed by atoms with Gasteiger partial charge < -0.3 is 5.32 Å². The third-order valence-electron chi connectivity index (χ3n) is 4.00. The summed E-state index contributed by atoms with van der Waals surface area (Å²) in [5.74, 6) is 0.0341. The molecule has 128 valence electrons. The van der Waals surface area contributed by atoms with Gasteiger partial charge in [0.2, 0.25) is 0 Å². The monoisotopic (exact) mass is 334 g/mol. The van der Waals surface area contributed by atoms with E-state index >= 15 is 0 Å². The Morgan fingerprint density at radius 1 is 1.20 bits per heavy atom. The van der Waals surface area contributed by atoms with Crippen molar-refractivity contribution in [3.8, 4) is 5.69 Å². The van der Waals surface area contributed by atoms with Crippen LogP contribution in [-0.2, 0) is 6.54 Å². The predicted octanol–water partition coefficient (Wildman–Crippen LogP) is 3.63. The number of benzene rings is 1. The summed E-state index contributed by atoms with van der Waals surface area (Å²) in [7, 11) is 0. The first-order valence-corrected chi connectivity index (χ1v) is 8.39. The Bertz CT molecular complexity index is 868. The molecular weight excluding hydrogens is 312 g/mol. The molecule has 0 radical (unpaired) electrons. The van der Waals surface area contributed by atoms with E-state index in [9.17, 15) is 4.79 Å². The highest BCUT2D eigenvalue weighted by Crippen LogP contribution is 2.23. The van der Waals surface area contributed by atoms with Crippen molar-refractivity contribution in [2.75, 3.05) is 0 Å². The fraction of sp³-hybridized carbons (Fsp3) is 0.250. The molecule has 0 aliphatic rings. The molecule has 0 aliphatic carbocycles. The van der Waals surface area contributed by atoms with Crippen LogP contribution in [0.5, 0.6) is 0 Å². The summed E-state index contributed by atoms with van der Waals surface area (Å²) in [5.41, 5.74) is 4.46. The Labute approximate surface area is 147 Å². The van der Waals surface area contributed by atoms with Crippen LogP contribution in [0, 0.1) is 6.92 Å². The Kier molecular flexibility index (Phi) is 4.93. The number of hydrogen-bond donors (Lipinski definition) is 1. The largest absolute Gasteiger partial charge is 0.346 e. The minimum atomic E-state index is -0.131. The quantitative estimate of drug-likeness (QED) is 0.775. The van der Waals surface area contributed by atoms with Crippen LogP contribution in [0.4, 0.5) is 0 Å². The molecule has 1 amide bonds. The van der Waals surface area contributed by atoms with Gasteiger partial charge in [-0.1, -0.05) is 32.0 Å². The van der Waals surface area contributed by atoms with E-state index < -0.39 is 0 Å². The standard InChI is InChI=1S/C20H22N4O/c1-14(2)19-18(20(25)22-12-16-8-4-5-10-21-16)13-23-24(19)17-9-6-7-15(3)11-17/h4-11,13-14H,12H2,1-3H3,(H,22,25). The van der Waals surface area contributed by atoms with E-state index in [4.69, 9.17) is 0 Å². The predicted molar refractivity (Wildman–Crippen MR) is 97.8 cm³/mol. The maximum atomic E-state index is 12.7. The molecule has 25 heavy (non-hydrogen) atoms. The van der Waals surface area contributed by atoms with Crippen LogP contribution in [0.3, 0.4) is 0 Å². The first-order valence-electron chi connectivity index (χ1n) is 8.39. The molecule has 5 heteroatoms. The molecule has 0 atom stereocenters. The highest BCUT2D eigenvalue weighted by Gasteiger charge is 2.20. The van der Waals surface area contributed by atoms with Crippen LogP contribution in [0.25, 0.3) is 5.69 Å². The van der Waals surface area contributed by atoms with Crippen molar-refractivity contribution in [3.63, 3.8) is 0 Å². The number of rotatable bonds is 5. The average Bonchev–Trinajstić information content (AvgIpc) is 3.06. The van der Waals surface area contributed by atoms with Crippen LogP contribution in [0.15, 0.2) is 54.9 Å². The molecule has 0 aliphatic heterocycles. The molecule has 3 rings (SSSR count). The first kappa shape index (κ1) is 16.9. The van der Waals surface area contributed by atoms with Gasteiger partial charge in [0.1, 0.15) is 0 Å². The van der Waals surface area contributed by atoms with E-state index in [0.717, 1.165) is 22.6 Å². The summed E-state index contributed by atoms with van der Waals surface area (Å²) >= 11 is 0. The van der Waals surface area contributed by atoms with Crippen molar-refractivity contribution < 1.29 is 4.79 Å². The third kappa shape index (κ3) is 3.76. The normalized spacial score (nSPS) is 10.9. The van der Waals surface area contributed by atoms with Crippen molar-refractivity contribution in [1.82, 2.24) is 20.1 Å². The second-order valence-corrected chi connectivity index (χ2v) is 6.35. The number of aromatic nitrogens is 3. The number of carbonyl (C=O) groups is 1. The van der Waals surface area contributed by atoms with E-state index in [1.807, 2.05) is 48.0 Å². The number of aryl methyl sites for hydroxylation is 1. The fourth-order valence-corrected chi connectivity index (χ4v) is 2.82. The molecule has 1 N–H and O–H groups in total. The Morgan fingerprint density at radius 2 is 2.04 bits per heavy atom. The topological polar surface area (TPSA) is 59.8 Å². The molecule has 2 heterocycles. The number of carbonyl (C=O) groups excluding carboxylic acids is 1. The first-order chi connectivity index (χ1) is 12.1. The molecule has 0 fully saturated rings. The maximum Gasteiger partial charge on any atom is 0.255 e. The average molecular weight is 334 g/mol. The summed E-state index contributed by atoms with van der Waals surface area (Å²) in [6.07, 6.45) is 3.36. The zero-order valence-corrected chi connectivity index (χ0v) is 14.7. The number of nitrogens with one attached hydrogen (secondary N) is 1. The van der Waals surface area contributed by atoms with Gasteiger partial charge in [-0.15, -0.1) is 0 Å². The van der Waals surface area contributed by atoms with E-state index in [2.05, 4.69) is 35.3 Å². The summed E-state index contributed by atoms with van der Waals surface area (Å²) in [6, 6.07) is 13.8. The molecule has 2 aromatic heterocycles. The highest BCUT2D eigenvalue weighted by molar-refractivity contribution is 5.95. The Morgan fingerprint density at radius 3 is 2.72 bits per heavy atom. The van der Waals surface area contributed by atoms with Crippen LogP contribution in [-0.4, -0.2) is 20.7 Å². The van der Waals surface area contributed by atoms with Crippen LogP contribution < -0.4 is 5.32 Å². The van der Waals surface area contributed by atoms with Crippen molar-refractivity contribution in [3.05, 3.63) is 77.4 Å². The van der Waals surface area contributed by atoms with E-state index in [1.54, 1.807) is 12.4 Å². The van der Waals surface area contributed by atoms with Gasteiger partial charge in [0.15, 0.2) is 0 Å². The van der Waals surface area contributed by atoms with Gasteiger partial charge in [-0.25, -0.2) is 4.68 Å². The van der Waals surface area contributed by atoms with Gasteiger partial charge in [0.25, 0.3) is 5.91 Å². The Balaban J connectivity index is 1.87. The number of hydrogen-bond acceptors (Lipinski definition) is 3. The van der Waals surface area contributed by atoms with Gasteiger partial charge in [-0.3, -0.25) is 9.78 Å². The van der Waals surface area contributed by atoms with Gasteiger partial charge in [-0.2, -0.15) is 5.10 Å². The third-order valence-corrected chi connectivity index (χ3v) is 4.00. The van der Waals surface area contributed by atoms with Crippen LogP contribution in [0.2, 0.25) is 0 Å². The zero-order valence-electron chi connectivity index (χ0n) is 14.7. The molecule has 0 saturated heterocycles. The molecule has 5 nitrogen and oxygen atoms in total. The van der Waals surface area contributed by atoms with E-state index in [0.29, 0.717) is 12.1 Å². The molecule has 0 unspecified atom stereocenters. The zero-order chi connectivity index (χ0) is 17.8. The fourth-order valence-electron chi connectivity index (χ4n) is 2.82. The van der Waals surface area contributed by atoms with Crippen molar-refractivity contribution >= 4 is 5.91 Å². The van der Waals surface area contributed by atoms with E-state index in [-0.39, 0.29) is 11.8 Å². The summed E-state index contributed by atoms with van der Waals surface area (Å²) in [6.45, 7) is 6.58. The number of amides is 1. The second kappa shape index (κ2) is 7.30. The van der Waals surface area contributed by atoms with Crippen LogP contribution in [0.1, 0.15) is 47.1 Å². The van der Waals surface area contributed by atoms with Crippen molar-refractivity contribution in [2.45, 2.75) is 33.2 Å².